The van der Waals surface area contributed by atoms with Gasteiger partial charge in [0.25, 0.3) is 0 Å². The van der Waals surface area contributed by atoms with Crippen LogP contribution < -0.4 is 10.1 Å². The number of unbranched alkanes of at least 4 members (excludes halogenated alkanes) is 4. The fourth-order valence-electron chi connectivity index (χ4n) is 3.10. The molecule has 0 fully saturated rings. The molecular formula is C18H29NO. The van der Waals surface area contributed by atoms with Crippen LogP contribution in [0.1, 0.15) is 69.0 Å². The number of nitrogens with one attached hydrogen (secondary N) is 1. The molecule has 1 aromatic carbocycles. The summed E-state index contributed by atoms with van der Waals surface area (Å²) in [6.07, 6.45) is 10.2. The Kier molecular flexibility index (Phi) is 6.38. The maximum atomic E-state index is 5.94. The number of hydrogen-bond donors (Lipinski definition) is 1. The summed E-state index contributed by atoms with van der Waals surface area (Å²) in [4.78, 5) is 0. The zero-order chi connectivity index (χ0) is 14.2. The van der Waals surface area contributed by atoms with Crippen LogP contribution in [0.15, 0.2) is 18.2 Å². The van der Waals surface area contributed by atoms with E-state index in [2.05, 4.69) is 37.5 Å². The lowest BCUT2D eigenvalue weighted by molar-refractivity contribution is 0.281. The average Bonchev–Trinajstić information content (AvgIpc) is 2.51. The Hall–Kier alpha value is -1.02. The molecule has 0 aliphatic carbocycles. The monoisotopic (exact) mass is 275 g/mol. The summed E-state index contributed by atoms with van der Waals surface area (Å²) >= 11 is 0. The smallest absolute Gasteiger partial charge is 0.127 e. The van der Waals surface area contributed by atoms with Gasteiger partial charge >= 0.3 is 0 Å². The van der Waals surface area contributed by atoms with Gasteiger partial charge in [-0.25, -0.2) is 0 Å². The maximum absolute atomic E-state index is 5.94. The number of ether oxygens (including phenoxy) is 1. The molecule has 1 heterocycles. The van der Waals surface area contributed by atoms with E-state index in [0.717, 1.165) is 25.2 Å². The standard InChI is InChI=1S/C18H29NO/c1-3-4-5-6-7-13-17(19-2)16-12-8-10-15-11-9-14-20-18(15)16/h8,10,12,17,19H,3-7,9,11,13-14H2,1-2H3. The first-order valence-corrected chi connectivity index (χ1v) is 8.28. The molecule has 2 rings (SSSR count). The van der Waals surface area contributed by atoms with Gasteiger partial charge in [-0.1, -0.05) is 57.2 Å². The molecule has 1 unspecified atom stereocenters. The van der Waals surface area contributed by atoms with Gasteiger partial charge in [-0.15, -0.1) is 0 Å². The van der Waals surface area contributed by atoms with Gasteiger partial charge in [-0.3, -0.25) is 0 Å². The predicted molar refractivity (Wildman–Crippen MR) is 85.4 cm³/mol. The van der Waals surface area contributed by atoms with E-state index in [1.54, 1.807) is 0 Å². The second kappa shape index (κ2) is 8.31. The van der Waals surface area contributed by atoms with Crippen molar-refractivity contribution >= 4 is 0 Å². The summed E-state index contributed by atoms with van der Waals surface area (Å²) in [5, 5.41) is 3.48. The van der Waals surface area contributed by atoms with Gasteiger partial charge < -0.3 is 10.1 Å². The van der Waals surface area contributed by atoms with Gasteiger partial charge in [0.15, 0.2) is 0 Å². The highest BCUT2D eigenvalue weighted by Gasteiger charge is 2.19. The average molecular weight is 275 g/mol. The van der Waals surface area contributed by atoms with Gasteiger partial charge in [0.05, 0.1) is 6.61 Å². The van der Waals surface area contributed by atoms with E-state index in [1.165, 1.54) is 49.7 Å². The highest BCUT2D eigenvalue weighted by Crippen LogP contribution is 2.34. The third-order valence-corrected chi connectivity index (χ3v) is 4.28. The van der Waals surface area contributed by atoms with Gasteiger partial charge in [0.2, 0.25) is 0 Å². The quantitative estimate of drug-likeness (QED) is 0.698. The third kappa shape index (κ3) is 3.99. The first-order valence-electron chi connectivity index (χ1n) is 8.28. The van der Waals surface area contributed by atoms with Crippen molar-refractivity contribution in [2.45, 2.75) is 64.3 Å². The first kappa shape index (κ1) is 15.4. The van der Waals surface area contributed by atoms with Crippen LogP contribution in [0.3, 0.4) is 0 Å². The summed E-state index contributed by atoms with van der Waals surface area (Å²) in [7, 11) is 2.07. The Morgan fingerprint density at radius 1 is 1.20 bits per heavy atom. The topological polar surface area (TPSA) is 21.3 Å². The number of hydrogen-bond acceptors (Lipinski definition) is 2. The van der Waals surface area contributed by atoms with Crippen molar-refractivity contribution in [2.75, 3.05) is 13.7 Å². The minimum absolute atomic E-state index is 0.435. The Balaban J connectivity index is 1.96. The van der Waals surface area contributed by atoms with Crippen molar-refractivity contribution in [3.8, 4) is 5.75 Å². The Bertz CT molecular complexity index is 402. The van der Waals surface area contributed by atoms with Gasteiger partial charge in [-0.05, 0) is 31.9 Å². The number of aryl methyl sites for hydroxylation is 1. The zero-order valence-electron chi connectivity index (χ0n) is 13.1. The van der Waals surface area contributed by atoms with Crippen molar-refractivity contribution < 1.29 is 4.74 Å². The molecule has 20 heavy (non-hydrogen) atoms. The summed E-state index contributed by atoms with van der Waals surface area (Å²) in [5.41, 5.74) is 2.75. The molecule has 0 saturated heterocycles. The summed E-state index contributed by atoms with van der Waals surface area (Å²) < 4.78 is 5.94. The second-order valence-electron chi connectivity index (χ2n) is 5.83. The molecule has 0 aromatic heterocycles. The number of benzene rings is 1. The molecule has 1 aliphatic heterocycles. The SMILES string of the molecule is CCCCCCCC(NC)c1cccc2c1OCCC2. The fraction of sp³-hybridized carbons (Fsp3) is 0.667. The minimum atomic E-state index is 0.435. The Labute approximate surface area is 123 Å². The normalized spacial score (nSPS) is 15.5. The van der Waals surface area contributed by atoms with Crippen LogP contribution in [0.4, 0.5) is 0 Å². The molecule has 2 nitrogen and oxygen atoms in total. The fourth-order valence-corrected chi connectivity index (χ4v) is 3.10. The first-order chi connectivity index (χ1) is 9.86. The van der Waals surface area contributed by atoms with Gasteiger partial charge in [0, 0.05) is 11.6 Å². The van der Waals surface area contributed by atoms with Crippen molar-refractivity contribution in [3.63, 3.8) is 0 Å². The molecule has 1 N–H and O–H groups in total. The van der Waals surface area contributed by atoms with Crippen LogP contribution >= 0.6 is 0 Å². The highest BCUT2D eigenvalue weighted by molar-refractivity contribution is 5.44. The van der Waals surface area contributed by atoms with E-state index >= 15 is 0 Å². The lowest BCUT2D eigenvalue weighted by Crippen LogP contribution is -2.19. The van der Waals surface area contributed by atoms with Gasteiger partial charge in [0.1, 0.15) is 5.75 Å². The van der Waals surface area contributed by atoms with Crippen LogP contribution in [-0.2, 0) is 6.42 Å². The summed E-state index contributed by atoms with van der Waals surface area (Å²) in [6.45, 7) is 3.14. The molecule has 0 spiro atoms. The van der Waals surface area contributed by atoms with Crippen LogP contribution in [0, 0.1) is 0 Å². The molecule has 0 saturated carbocycles. The molecule has 2 heteroatoms. The van der Waals surface area contributed by atoms with Crippen LogP contribution in [0.25, 0.3) is 0 Å². The third-order valence-electron chi connectivity index (χ3n) is 4.28. The number of rotatable bonds is 8. The zero-order valence-corrected chi connectivity index (χ0v) is 13.1. The second-order valence-corrected chi connectivity index (χ2v) is 5.83. The molecular weight excluding hydrogens is 246 g/mol. The lowest BCUT2D eigenvalue weighted by Gasteiger charge is -2.25. The maximum Gasteiger partial charge on any atom is 0.127 e. The molecule has 1 atom stereocenters. The Morgan fingerprint density at radius 3 is 2.85 bits per heavy atom. The largest absolute Gasteiger partial charge is 0.493 e. The number of fused-ring (bicyclic) bond motifs is 1. The van der Waals surface area contributed by atoms with Crippen molar-refractivity contribution in [3.05, 3.63) is 29.3 Å². The number of para-hydroxylation sites is 1. The van der Waals surface area contributed by atoms with Crippen LogP contribution in [0.2, 0.25) is 0 Å². The lowest BCUT2D eigenvalue weighted by atomic mass is 9.94. The molecule has 1 aromatic rings. The van der Waals surface area contributed by atoms with E-state index in [4.69, 9.17) is 4.74 Å². The van der Waals surface area contributed by atoms with E-state index in [1.807, 2.05) is 0 Å². The molecule has 0 bridgehead atoms. The molecule has 0 amide bonds. The van der Waals surface area contributed by atoms with E-state index < -0.39 is 0 Å². The minimum Gasteiger partial charge on any atom is -0.493 e. The van der Waals surface area contributed by atoms with Crippen molar-refractivity contribution in [1.82, 2.24) is 5.32 Å². The summed E-state index contributed by atoms with van der Waals surface area (Å²) in [6, 6.07) is 7.07. The van der Waals surface area contributed by atoms with E-state index in [0.29, 0.717) is 6.04 Å². The summed E-state index contributed by atoms with van der Waals surface area (Å²) in [5.74, 6) is 1.16. The Morgan fingerprint density at radius 2 is 2.05 bits per heavy atom. The van der Waals surface area contributed by atoms with E-state index in [-0.39, 0.29) is 0 Å². The molecule has 0 radical (unpaired) electrons. The van der Waals surface area contributed by atoms with E-state index in [9.17, 15) is 0 Å². The molecule has 1 aliphatic rings. The highest BCUT2D eigenvalue weighted by atomic mass is 16.5. The van der Waals surface area contributed by atoms with Crippen LogP contribution in [-0.4, -0.2) is 13.7 Å². The van der Waals surface area contributed by atoms with Crippen molar-refractivity contribution in [2.24, 2.45) is 0 Å². The molecule has 112 valence electrons. The van der Waals surface area contributed by atoms with Crippen molar-refractivity contribution in [1.29, 1.82) is 0 Å². The predicted octanol–water partition coefficient (Wildman–Crippen LogP) is 4.63. The van der Waals surface area contributed by atoms with Gasteiger partial charge in [-0.2, -0.15) is 0 Å². The van der Waals surface area contributed by atoms with Crippen LogP contribution in [0.5, 0.6) is 5.75 Å².